The number of rotatable bonds is 3. The average molecular weight is 272 g/mol. The molecular weight excluding hydrogens is 263 g/mol. The third-order valence-electron chi connectivity index (χ3n) is 2.34. The van der Waals surface area contributed by atoms with Crippen molar-refractivity contribution in [2.24, 2.45) is 0 Å². The van der Waals surface area contributed by atoms with Crippen LogP contribution in [0.1, 0.15) is 5.56 Å². The maximum Gasteiger partial charge on any atom is 0.149 e. The molecule has 0 unspecified atom stereocenters. The van der Waals surface area contributed by atoms with Crippen molar-refractivity contribution in [1.29, 1.82) is 0 Å². The first-order valence-corrected chi connectivity index (χ1v) is 5.56. The minimum absolute atomic E-state index is 0.150. The zero-order valence-electron chi connectivity index (χ0n) is 9.18. The van der Waals surface area contributed by atoms with E-state index in [9.17, 15) is 13.2 Å². The van der Waals surface area contributed by atoms with Crippen molar-refractivity contribution in [3.8, 4) is 0 Å². The number of hydrogen-bond donors (Lipinski definition) is 1. The summed E-state index contributed by atoms with van der Waals surface area (Å²) in [4.78, 5) is 0. The summed E-state index contributed by atoms with van der Waals surface area (Å²) in [6.07, 6.45) is 0. The fourth-order valence-corrected chi connectivity index (χ4v) is 1.79. The first-order chi connectivity index (χ1) is 8.54. The average Bonchev–Trinajstić information content (AvgIpc) is 2.26. The van der Waals surface area contributed by atoms with Gasteiger partial charge in [-0.15, -0.1) is 0 Å². The molecule has 0 amide bonds. The predicted octanol–water partition coefficient (Wildman–Crippen LogP) is 4.37. The molecule has 5 heteroatoms. The molecule has 1 nitrogen and oxygen atoms in total. The Morgan fingerprint density at radius 2 is 1.72 bits per heavy atom. The van der Waals surface area contributed by atoms with Gasteiger partial charge in [-0.05, 0) is 35.9 Å². The molecule has 0 saturated heterocycles. The van der Waals surface area contributed by atoms with Crippen LogP contribution in [-0.4, -0.2) is 0 Å². The molecule has 0 atom stereocenters. The Morgan fingerprint density at radius 1 is 0.944 bits per heavy atom. The normalized spacial score (nSPS) is 10.4. The maximum atomic E-state index is 13.3. The molecule has 0 bridgehead atoms. The monoisotopic (exact) mass is 271 g/mol. The lowest BCUT2D eigenvalue weighted by molar-refractivity contribution is 0.585. The van der Waals surface area contributed by atoms with Gasteiger partial charge in [0, 0.05) is 17.6 Å². The van der Waals surface area contributed by atoms with E-state index >= 15 is 0 Å². The van der Waals surface area contributed by atoms with Crippen LogP contribution in [0.25, 0.3) is 0 Å². The molecule has 0 radical (unpaired) electrons. The van der Waals surface area contributed by atoms with Crippen LogP contribution in [0.3, 0.4) is 0 Å². The molecule has 1 N–H and O–H groups in total. The summed E-state index contributed by atoms with van der Waals surface area (Å²) in [5.74, 6) is -1.80. The van der Waals surface area contributed by atoms with E-state index in [-0.39, 0.29) is 17.3 Å². The Bertz CT molecular complexity index is 552. The lowest BCUT2D eigenvalue weighted by Crippen LogP contribution is -2.02. The molecule has 0 aliphatic rings. The van der Waals surface area contributed by atoms with Gasteiger partial charge >= 0.3 is 0 Å². The third-order valence-corrected chi connectivity index (χ3v) is 2.55. The zero-order chi connectivity index (χ0) is 13.1. The second kappa shape index (κ2) is 5.31. The molecule has 94 valence electrons. The molecule has 0 heterocycles. The summed E-state index contributed by atoms with van der Waals surface area (Å²) in [5.41, 5.74) is 0.723. The van der Waals surface area contributed by atoms with Crippen molar-refractivity contribution in [1.82, 2.24) is 0 Å². The Hall–Kier alpha value is -1.68. The highest BCUT2D eigenvalue weighted by molar-refractivity contribution is 6.30. The molecule has 0 fully saturated rings. The molecule has 0 aromatic heterocycles. The van der Waals surface area contributed by atoms with E-state index in [0.29, 0.717) is 5.56 Å². The highest BCUT2D eigenvalue weighted by atomic mass is 35.5. The van der Waals surface area contributed by atoms with E-state index in [4.69, 9.17) is 11.6 Å². The van der Waals surface area contributed by atoms with Gasteiger partial charge in [-0.2, -0.15) is 0 Å². The Kier molecular flexibility index (Phi) is 3.77. The summed E-state index contributed by atoms with van der Waals surface area (Å²) in [6.45, 7) is 0.194. The second-order valence-electron chi connectivity index (χ2n) is 3.76. The van der Waals surface area contributed by atoms with E-state index in [1.807, 2.05) is 0 Å². The maximum absolute atomic E-state index is 13.3. The lowest BCUT2D eigenvalue weighted by Gasteiger charge is -2.08. The summed E-state index contributed by atoms with van der Waals surface area (Å²) in [6, 6.07) is 7.25. The molecule has 18 heavy (non-hydrogen) atoms. The molecule has 0 aliphatic carbocycles. The van der Waals surface area contributed by atoms with Gasteiger partial charge in [-0.3, -0.25) is 0 Å². The number of anilines is 1. The largest absolute Gasteiger partial charge is 0.379 e. The standard InChI is InChI=1S/C13H9ClF3N/c14-9-3-8(4-11(16)5-9)7-18-13-2-1-10(15)6-12(13)17/h1-6,18H,7H2. The third kappa shape index (κ3) is 3.17. The van der Waals surface area contributed by atoms with Crippen molar-refractivity contribution < 1.29 is 13.2 Å². The van der Waals surface area contributed by atoms with Crippen LogP contribution in [0, 0.1) is 17.5 Å². The van der Waals surface area contributed by atoms with Crippen LogP contribution < -0.4 is 5.32 Å². The first-order valence-electron chi connectivity index (χ1n) is 5.18. The van der Waals surface area contributed by atoms with Crippen LogP contribution >= 0.6 is 11.6 Å². The van der Waals surface area contributed by atoms with Gasteiger partial charge in [-0.25, -0.2) is 13.2 Å². The van der Waals surface area contributed by atoms with Crippen molar-refractivity contribution in [2.75, 3.05) is 5.32 Å². The van der Waals surface area contributed by atoms with Crippen LogP contribution in [0.15, 0.2) is 36.4 Å². The fourth-order valence-electron chi connectivity index (χ4n) is 1.54. The zero-order valence-corrected chi connectivity index (χ0v) is 9.94. The highest BCUT2D eigenvalue weighted by Crippen LogP contribution is 2.18. The van der Waals surface area contributed by atoms with E-state index in [1.54, 1.807) is 6.07 Å². The van der Waals surface area contributed by atoms with Crippen molar-refractivity contribution in [2.45, 2.75) is 6.54 Å². The fraction of sp³-hybridized carbons (Fsp3) is 0.0769. The lowest BCUT2D eigenvalue weighted by atomic mass is 10.2. The topological polar surface area (TPSA) is 12.0 Å². The van der Waals surface area contributed by atoms with Crippen LogP contribution in [0.5, 0.6) is 0 Å². The molecule has 0 aliphatic heterocycles. The highest BCUT2D eigenvalue weighted by Gasteiger charge is 2.04. The summed E-state index contributed by atoms with van der Waals surface area (Å²) in [5, 5.41) is 3.01. The number of hydrogen-bond acceptors (Lipinski definition) is 1. The predicted molar refractivity (Wildman–Crippen MR) is 65.1 cm³/mol. The van der Waals surface area contributed by atoms with E-state index in [1.165, 1.54) is 18.2 Å². The molecule has 2 rings (SSSR count). The van der Waals surface area contributed by atoms with Gasteiger partial charge in [0.25, 0.3) is 0 Å². The van der Waals surface area contributed by atoms with Crippen molar-refractivity contribution >= 4 is 17.3 Å². The van der Waals surface area contributed by atoms with Gasteiger partial charge in [0.05, 0.1) is 5.69 Å². The number of benzene rings is 2. The Balaban J connectivity index is 2.11. The summed E-state index contributed by atoms with van der Waals surface area (Å²) >= 11 is 5.69. The van der Waals surface area contributed by atoms with Crippen LogP contribution in [0.4, 0.5) is 18.9 Å². The minimum atomic E-state index is -0.697. The van der Waals surface area contributed by atoms with Gasteiger partial charge < -0.3 is 5.32 Å². The molecule has 0 spiro atoms. The van der Waals surface area contributed by atoms with E-state index < -0.39 is 17.5 Å². The van der Waals surface area contributed by atoms with Crippen LogP contribution in [0.2, 0.25) is 5.02 Å². The second-order valence-corrected chi connectivity index (χ2v) is 4.19. The van der Waals surface area contributed by atoms with Gasteiger partial charge in [0.15, 0.2) is 0 Å². The first kappa shape index (κ1) is 12.8. The van der Waals surface area contributed by atoms with Crippen molar-refractivity contribution in [3.63, 3.8) is 0 Å². The minimum Gasteiger partial charge on any atom is -0.379 e. The Labute approximate surface area is 107 Å². The molecule has 2 aromatic carbocycles. The van der Waals surface area contributed by atoms with Gasteiger partial charge in [-0.1, -0.05) is 11.6 Å². The van der Waals surface area contributed by atoms with Gasteiger partial charge in [0.2, 0.25) is 0 Å². The number of halogens is 4. The van der Waals surface area contributed by atoms with Gasteiger partial charge in [0.1, 0.15) is 17.5 Å². The Morgan fingerprint density at radius 3 is 2.39 bits per heavy atom. The molecule has 2 aromatic rings. The summed E-state index contributed by atoms with van der Waals surface area (Å²) < 4.78 is 39.0. The quantitative estimate of drug-likeness (QED) is 0.874. The summed E-state index contributed by atoms with van der Waals surface area (Å²) in [7, 11) is 0. The molecular formula is C13H9ClF3N. The van der Waals surface area contributed by atoms with E-state index in [2.05, 4.69) is 5.32 Å². The molecule has 0 saturated carbocycles. The van der Waals surface area contributed by atoms with Crippen LogP contribution in [-0.2, 0) is 6.54 Å². The number of nitrogens with one attached hydrogen (secondary N) is 1. The smallest absolute Gasteiger partial charge is 0.149 e. The SMILES string of the molecule is Fc1cc(Cl)cc(CNc2ccc(F)cc2F)c1. The van der Waals surface area contributed by atoms with E-state index in [0.717, 1.165) is 12.1 Å². The van der Waals surface area contributed by atoms with Crippen molar-refractivity contribution in [3.05, 3.63) is 64.4 Å².